The lowest BCUT2D eigenvalue weighted by Crippen LogP contribution is -2.03. The molecule has 0 spiro atoms. The minimum absolute atomic E-state index is 0.278. The van der Waals surface area contributed by atoms with E-state index >= 15 is 0 Å². The molecule has 0 fully saturated rings. The van der Waals surface area contributed by atoms with Gasteiger partial charge in [-0.2, -0.15) is 0 Å². The molecule has 0 aromatic carbocycles. The maximum atomic E-state index is 5.84. The summed E-state index contributed by atoms with van der Waals surface area (Å²) in [6, 6.07) is 0.838. The van der Waals surface area contributed by atoms with Crippen LogP contribution in [0.4, 0.5) is 0 Å². The fourth-order valence-corrected chi connectivity index (χ4v) is 1.26. The Labute approximate surface area is 70.9 Å². The highest BCUT2D eigenvalue weighted by molar-refractivity contribution is 6.29. The number of ether oxygens (including phenoxy) is 1. The second kappa shape index (κ2) is 3.13. The van der Waals surface area contributed by atoms with E-state index in [0.29, 0.717) is 11.2 Å². The van der Waals surface area contributed by atoms with E-state index < -0.39 is 0 Å². The number of aromatic nitrogens is 2. The molecule has 1 heterocycles. The van der Waals surface area contributed by atoms with Gasteiger partial charge in [-0.15, -0.1) is 0 Å². The van der Waals surface area contributed by atoms with Crippen LogP contribution in [0.15, 0.2) is 6.20 Å². The van der Waals surface area contributed by atoms with Gasteiger partial charge in [-0.3, -0.25) is 4.57 Å². The first-order chi connectivity index (χ1) is 5.16. The first-order valence-electron chi connectivity index (χ1n) is 3.43. The summed E-state index contributed by atoms with van der Waals surface area (Å²) >= 11 is 5.84. The zero-order chi connectivity index (χ0) is 8.43. The van der Waals surface area contributed by atoms with Crippen LogP contribution >= 0.6 is 11.6 Å². The molecule has 0 aliphatic heterocycles. The maximum Gasteiger partial charge on any atom is 0.297 e. The van der Waals surface area contributed by atoms with Crippen molar-refractivity contribution in [1.29, 1.82) is 0 Å². The highest BCUT2D eigenvalue weighted by Gasteiger charge is 2.10. The van der Waals surface area contributed by atoms with Crippen LogP contribution in [0.1, 0.15) is 19.9 Å². The third-order valence-electron chi connectivity index (χ3n) is 1.42. The summed E-state index contributed by atoms with van der Waals surface area (Å²) in [6.07, 6.45) is 1.58. The van der Waals surface area contributed by atoms with Gasteiger partial charge in [0.05, 0.1) is 13.3 Å². The van der Waals surface area contributed by atoms with Crippen LogP contribution in [0.25, 0.3) is 0 Å². The van der Waals surface area contributed by atoms with Gasteiger partial charge in [-0.05, 0) is 13.8 Å². The summed E-state index contributed by atoms with van der Waals surface area (Å²) in [7, 11) is 1.58. The van der Waals surface area contributed by atoms with Crippen molar-refractivity contribution in [2.75, 3.05) is 7.11 Å². The minimum atomic E-state index is 0.278. The molecule has 0 saturated carbocycles. The molecule has 0 atom stereocenters. The average molecular weight is 175 g/mol. The molecule has 0 radical (unpaired) electrons. The van der Waals surface area contributed by atoms with Crippen LogP contribution < -0.4 is 4.74 Å². The summed E-state index contributed by atoms with van der Waals surface area (Å²) < 4.78 is 6.82. The zero-order valence-electron chi connectivity index (χ0n) is 6.84. The van der Waals surface area contributed by atoms with E-state index in [2.05, 4.69) is 4.98 Å². The number of hydrogen-bond acceptors (Lipinski definition) is 2. The molecule has 4 heteroatoms. The summed E-state index contributed by atoms with van der Waals surface area (Å²) in [4.78, 5) is 3.96. The summed E-state index contributed by atoms with van der Waals surface area (Å²) in [6.45, 7) is 4.05. The Kier molecular flexibility index (Phi) is 2.39. The number of methoxy groups -OCH3 is 1. The SMILES string of the molecule is COc1ncc(Cl)n1C(C)C. The van der Waals surface area contributed by atoms with Crippen molar-refractivity contribution in [2.24, 2.45) is 0 Å². The zero-order valence-corrected chi connectivity index (χ0v) is 7.59. The van der Waals surface area contributed by atoms with Gasteiger partial charge < -0.3 is 4.74 Å². The lowest BCUT2D eigenvalue weighted by molar-refractivity contribution is 0.346. The van der Waals surface area contributed by atoms with Gasteiger partial charge in [0.2, 0.25) is 0 Å². The fourth-order valence-electron chi connectivity index (χ4n) is 0.943. The molecule has 11 heavy (non-hydrogen) atoms. The van der Waals surface area contributed by atoms with Gasteiger partial charge >= 0.3 is 0 Å². The predicted octanol–water partition coefficient (Wildman–Crippen LogP) is 2.13. The van der Waals surface area contributed by atoms with Gasteiger partial charge in [0, 0.05) is 6.04 Å². The number of imidazole rings is 1. The van der Waals surface area contributed by atoms with Gasteiger partial charge in [-0.25, -0.2) is 4.98 Å². The van der Waals surface area contributed by atoms with Gasteiger partial charge in [0.1, 0.15) is 5.15 Å². The highest BCUT2D eigenvalue weighted by atomic mass is 35.5. The Morgan fingerprint density at radius 1 is 1.64 bits per heavy atom. The Hall–Kier alpha value is -0.700. The Morgan fingerprint density at radius 2 is 2.27 bits per heavy atom. The lowest BCUT2D eigenvalue weighted by Gasteiger charge is -2.10. The van der Waals surface area contributed by atoms with E-state index in [0.717, 1.165) is 0 Å². The smallest absolute Gasteiger partial charge is 0.297 e. The van der Waals surface area contributed by atoms with E-state index in [1.54, 1.807) is 13.3 Å². The highest BCUT2D eigenvalue weighted by Crippen LogP contribution is 2.22. The third kappa shape index (κ3) is 1.48. The standard InChI is InChI=1S/C7H11ClN2O/c1-5(2)10-6(8)4-9-7(10)11-3/h4-5H,1-3H3. The summed E-state index contributed by atoms with van der Waals surface area (Å²) in [5, 5.41) is 0.608. The molecule has 0 aliphatic rings. The number of rotatable bonds is 2. The molecule has 0 N–H and O–H groups in total. The summed E-state index contributed by atoms with van der Waals surface area (Å²) in [5.41, 5.74) is 0. The fraction of sp³-hybridized carbons (Fsp3) is 0.571. The van der Waals surface area contributed by atoms with Crippen molar-refractivity contribution in [1.82, 2.24) is 9.55 Å². The predicted molar refractivity (Wildman–Crippen MR) is 44.2 cm³/mol. The molecule has 0 unspecified atom stereocenters. The molecule has 1 aromatic heterocycles. The third-order valence-corrected chi connectivity index (χ3v) is 1.70. The van der Waals surface area contributed by atoms with Crippen LogP contribution in [0.5, 0.6) is 6.01 Å². The topological polar surface area (TPSA) is 27.1 Å². The first-order valence-corrected chi connectivity index (χ1v) is 3.81. The van der Waals surface area contributed by atoms with Crippen LogP contribution in [0.3, 0.4) is 0 Å². The molecule has 0 bridgehead atoms. The number of nitrogens with zero attached hydrogens (tertiary/aromatic N) is 2. The molecule has 0 saturated heterocycles. The van der Waals surface area contributed by atoms with Crippen molar-refractivity contribution >= 4 is 11.6 Å². The van der Waals surface area contributed by atoms with E-state index in [1.807, 2.05) is 18.4 Å². The van der Waals surface area contributed by atoms with E-state index in [4.69, 9.17) is 16.3 Å². The largest absolute Gasteiger partial charge is 0.468 e. The van der Waals surface area contributed by atoms with E-state index in [-0.39, 0.29) is 6.04 Å². The Bertz CT molecular complexity index is 245. The quantitative estimate of drug-likeness (QED) is 0.687. The Balaban J connectivity index is 3.07. The monoisotopic (exact) mass is 174 g/mol. The average Bonchev–Trinajstić information content (AvgIpc) is 2.30. The first kappa shape index (κ1) is 8.40. The lowest BCUT2D eigenvalue weighted by atomic mass is 10.4. The molecule has 1 rings (SSSR count). The molecular formula is C7H11ClN2O. The maximum absolute atomic E-state index is 5.84. The van der Waals surface area contributed by atoms with Crippen molar-refractivity contribution < 1.29 is 4.74 Å². The van der Waals surface area contributed by atoms with Crippen molar-refractivity contribution in [2.45, 2.75) is 19.9 Å². The molecular weight excluding hydrogens is 164 g/mol. The second-order valence-electron chi connectivity index (χ2n) is 2.53. The van der Waals surface area contributed by atoms with E-state index in [1.165, 1.54) is 0 Å². The summed E-state index contributed by atoms with van der Waals surface area (Å²) in [5.74, 6) is 0. The van der Waals surface area contributed by atoms with Gasteiger partial charge in [0.15, 0.2) is 0 Å². The molecule has 3 nitrogen and oxygen atoms in total. The number of halogens is 1. The second-order valence-corrected chi connectivity index (χ2v) is 2.92. The molecule has 0 aliphatic carbocycles. The van der Waals surface area contributed by atoms with Crippen molar-refractivity contribution in [3.05, 3.63) is 11.3 Å². The van der Waals surface area contributed by atoms with Crippen LogP contribution in [-0.4, -0.2) is 16.7 Å². The molecule has 1 aromatic rings. The molecule has 0 amide bonds. The van der Waals surface area contributed by atoms with Gasteiger partial charge in [0.25, 0.3) is 6.01 Å². The van der Waals surface area contributed by atoms with Crippen LogP contribution in [0, 0.1) is 0 Å². The van der Waals surface area contributed by atoms with Crippen molar-refractivity contribution in [3.63, 3.8) is 0 Å². The van der Waals surface area contributed by atoms with Crippen LogP contribution in [0.2, 0.25) is 5.15 Å². The molecule has 62 valence electrons. The van der Waals surface area contributed by atoms with Gasteiger partial charge in [-0.1, -0.05) is 11.6 Å². The normalized spacial score (nSPS) is 10.6. The minimum Gasteiger partial charge on any atom is -0.468 e. The van der Waals surface area contributed by atoms with Crippen LogP contribution in [-0.2, 0) is 0 Å². The number of hydrogen-bond donors (Lipinski definition) is 0. The van der Waals surface area contributed by atoms with E-state index in [9.17, 15) is 0 Å². The Morgan fingerprint density at radius 3 is 2.64 bits per heavy atom. The van der Waals surface area contributed by atoms with Crippen molar-refractivity contribution in [3.8, 4) is 6.01 Å².